The molecule has 2 aromatic heterocycles. The fourth-order valence-electron chi connectivity index (χ4n) is 3.73. The van der Waals surface area contributed by atoms with Crippen molar-refractivity contribution in [1.82, 2.24) is 24.6 Å². The van der Waals surface area contributed by atoms with E-state index >= 15 is 0 Å². The molecule has 0 N–H and O–H groups in total. The molecule has 0 atom stereocenters. The van der Waals surface area contributed by atoms with Gasteiger partial charge >= 0.3 is 0 Å². The van der Waals surface area contributed by atoms with E-state index in [1.54, 1.807) is 29.8 Å². The molecule has 162 valence electrons. The molecule has 31 heavy (non-hydrogen) atoms. The van der Waals surface area contributed by atoms with Crippen LogP contribution in [0.4, 0.5) is 4.39 Å². The molecule has 0 bridgehead atoms. The van der Waals surface area contributed by atoms with Crippen LogP contribution in [0.25, 0.3) is 0 Å². The van der Waals surface area contributed by atoms with Gasteiger partial charge in [-0.05, 0) is 44.1 Å². The van der Waals surface area contributed by atoms with Gasteiger partial charge in [-0.15, -0.1) is 10.2 Å². The Hall–Kier alpha value is -2.84. The molecule has 1 fully saturated rings. The van der Waals surface area contributed by atoms with Crippen molar-refractivity contribution in [2.75, 3.05) is 13.1 Å². The van der Waals surface area contributed by atoms with Crippen LogP contribution in [-0.4, -0.2) is 44.0 Å². The maximum Gasteiger partial charge on any atom is 0.213 e. The summed E-state index contributed by atoms with van der Waals surface area (Å²) in [6, 6.07) is 10.2. The normalized spacial score (nSPS) is 15.2. The van der Waals surface area contributed by atoms with Crippen molar-refractivity contribution in [3.05, 3.63) is 70.1 Å². The molecule has 4 rings (SSSR count). The molecule has 0 amide bonds. The Bertz CT molecular complexity index is 1070. The number of piperidine rings is 1. The largest absolute Gasteiger partial charge is 0.473 e. The highest BCUT2D eigenvalue weighted by molar-refractivity contribution is 6.30. The van der Waals surface area contributed by atoms with Crippen LogP contribution < -0.4 is 4.74 Å². The molecule has 3 heterocycles. The van der Waals surface area contributed by atoms with Crippen molar-refractivity contribution in [3.63, 3.8) is 0 Å². The highest BCUT2D eigenvalue weighted by Crippen LogP contribution is 2.28. The number of carbonyl (C=O) groups is 1. The molecule has 1 aliphatic heterocycles. The van der Waals surface area contributed by atoms with Crippen LogP contribution in [0.1, 0.15) is 46.5 Å². The lowest BCUT2D eigenvalue weighted by Gasteiger charge is -2.31. The summed E-state index contributed by atoms with van der Waals surface area (Å²) in [6.07, 6.45) is 2.63. The van der Waals surface area contributed by atoms with Crippen LogP contribution in [0.15, 0.2) is 36.4 Å². The molecular formula is C22H23ClFN5O2. The minimum absolute atomic E-state index is 0.0956. The van der Waals surface area contributed by atoms with Gasteiger partial charge < -0.3 is 9.30 Å². The topological polar surface area (TPSA) is 73.1 Å². The maximum atomic E-state index is 13.9. The summed E-state index contributed by atoms with van der Waals surface area (Å²) in [7, 11) is 1.80. The number of halogens is 2. The number of pyridine rings is 1. The first-order valence-electron chi connectivity index (χ1n) is 10.1. The quantitative estimate of drug-likeness (QED) is 0.517. The number of aromatic nitrogens is 4. The van der Waals surface area contributed by atoms with Gasteiger partial charge in [0.15, 0.2) is 12.1 Å². The Morgan fingerprint density at radius 2 is 2.03 bits per heavy atom. The molecular weight excluding hydrogens is 421 g/mol. The SMILES string of the molecule is Cn1c(C=O)nnc1CN1CCC(c2cccc(OCc3ccc(Cl)cc3F)n2)CC1. The van der Waals surface area contributed by atoms with Gasteiger partial charge in [-0.2, -0.15) is 0 Å². The van der Waals surface area contributed by atoms with E-state index < -0.39 is 0 Å². The lowest BCUT2D eigenvalue weighted by atomic mass is 9.93. The molecule has 3 aromatic rings. The van der Waals surface area contributed by atoms with Crippen molar-refractivity contribution in [2.24, 2.45) is 7.05 Å². The average molecular weight is 444 g/mol. The second-order valence-corrected chi connectivity index (χ2v) is 8.06. The fraction of sp³-hybridized carbons (Fsp3) is 0.364. The minimum atomic E-state index is -0.390. The van der Waals surface area contributed by atoms with Gasteiger partial charge in [0.1, 0.15) is 18.2 Å². The predicted octanol–water partition coefficient (Wildman–Crippen LogP) is 3.77. The lowest BCUT2D eigenvalue weighted by Crippen LogP contribution is -2.33. The fourth-order valence-corrected chi connectivity index (χ4v) is 3.89. The number of carbonyl (C=O) groups excluding carboxylic acids is 1. The van der Waals surface area contributed by atoms with Gasteiger partial charge in [0.25, 0.3) is 0 Å². The van der Waals surface area contributed by atoms with Crippen LogP contribution in [-0.2, 0) is 20.2 Å². The molecule has 1 aliphatic rings. The van der Waals surface area contributed by atoms with E-state index in [4.69, 9.17) is 16.3 Å². The van der Waals surface area contributed by atoms with Gasteiger partial charge in [-0.25, -0.2) is 9.37 Å². The van der Waals surface area contributed by atoms with Crippen LogP contribution in [0.3, 0.4) is 0 Å². The first-order chi connectivity index (χ1) is 15.0. The van der Waals surface area contributed by atoms with Crippen LogP contribution >= 0.6 is 11.6 Å². The third-order valence-electron chi connectivity index (χ3n) is 5.61. The second-order valence-electron chi connectivity index (χ2n) is 7.63. The van der Waals surface area contributed by atoms with Crippen molar-refractivity contribution >= 4 is 17.9 Å². The first-order valence-corrected chi connectivity index (χ1v) is 10.5. The number of aldehydes is 1. The zero-order chi connectivity index (χ0) is 21.8. The zero-order valence-electron chi connectivity index (χ0n) is 17.2. The van der Waals surface area contributed by atoms with Gasteiger partial charge in [0.2, 0.25) is 5.88 Å². The molecule has 7 nitrogen and oxygen atoms in total. The van der Waals surface area contributed by atoms with Crippen LogP contribution in [0.2, 0.25) is 5.02 Å². The van der Waals surface area contributed by atoms with Gasteiger partial charge in [-0.3, -0.25) is 9.69 Å². The number of nitrogens with zero attached hydrogens (tertiary/aromatic N) is 5. The Labute approximate surface area is 184 Å². The molecule has 0 spiro atoms. The smallest absolute Gasteiger partial charge is 0.213 e. The molecule has 0 aliphatic carbocycles. The summed E-state index contributed by atoms with van der Waals surface area (Å²) in [5.41, 5.74) is 1.42. The molecule has 1 aromatic carbocycles. The van der Waals surface area contributed by atoms with Gasteiger partial charge in [-0.1, -0.05) is 23.7 Å². The average Bonchev–Trinajstić information content (AvgIpc) is 3.13. The monoisotopic (exact) mass is 443 g/mol. The summed E-state index contributed by atoms with van der Waals surface area (Å²) >= 11 is 5.79. The number of hydrogen-bond acceptors (Lipinski definition) is 6. The van der Waals surface area contributed by atoms with E-state index in [0.717, 1.165) is 37.4 Å². The van der Waals surface area contributed by atoms with Crippen molar-refractivity contribution in [2.45, 2.75) is 31.9 Å². The third-order valence-corrected chi connectivity index (χ3v) is 5.85. The van der Waals surface area contributed by atoms with E-state index in [-0.39, 0.29) is 12.4 Å². The predicted molar refractivity (Wildman–Crippen MR) is 114 cm³/mol. The van der Waals surface area contributed by atoms with Crippen molar-refractivity contribution in [3.8, 4) is 5.88 Å². The van der Waals surface area contributed by atoms with E-state index in [1.807, 2.05) is 12.1 Å². The molecule has 9 heteroatoms. The highest BCUT2D eigenvalue weighted by atomic mass is 35.5. The number of rotatable bonds is 7. The molecule has 1 saturated heterocycles. The highest BCUT2D eigenvalue weighted by Gasteiger charge is 2.23. The van der Waals surface area contributed by atoms with E-state index in [0.29, 0.717) is 41.0 Å². The second kappa shape index (κ2) is 9.53. The number of likely N-dealkylation sites (tertiary alicyclic amines) is 1. The summed E-state index contributed by atoms with van der Waals surface area (Å²) in [5, 5.41) is 8.35. The number of hydrogen-bond donors (Lipinski definition) is 0. The van der Waals surface area contributed by atoms with Crippen LogP contribution in [0.5, 0.6) is 5.88 Å². The van der Waals surface area contributed by atoms with E-state index in [1.165, 1.54) is 6.07 Å². The Kier molecular flexibility index (Phi) is 6.58. The van der Waals surface area contributed by atoms with E-state index in [9.17, 15) is 9.18 Å². The molecule has 0 saturated carbocycles. The summed E-state index contributed by atoms with van der Waals surface area (Å²) in [5.74, 6) is 1.54. The lowest BCUT2D eigenvalue weighted by molar-refractivity contribution is 0.111. The Balaban J connectivity index is 1.33. The number of benzene rings is 1. The summed E-state index contributed by atoms with van der Waals surface area (Å²) in [4.78, 5) is 17.9. The maximum absolute atomic E-state index is 13.9. The third kappa shape index (κ3) is 5.08. The summed E-state index contributed by atoms with van der Waals surface area (Å²) < 4.78 is 21.4. The van der Waals surface area contributed by atoms with E-state index in [2.05, 4.69) is 20.1 Å². The molecule has 0 radical (unpaired) electrons. The van der Waals surface area contributed by atoms with Crippen molar-refractivity contribution in [1.29, 1.82) is 0 Å². The number of ether oxygens (including phenoxy) is 1. The van der Waals surface area contributed by atoms with Crippen LogP contribution in [0, 0.1) is 5.82 Å². The van der Waals surface area contributed by atoms with Gasteiger partial charge in [0.05, 0.1) is 6.54 Å². The minimum Gasteiger partial charge on any atom is -0.473 e. The van der Waals surface area contributed by atoms with Crippen molar-refractivity contribution < 1.29 is 13.9 Å². The Morgan fingerprint density at radius 1 is 1.23 bits per heavy atom. The standard InChI is InChI=1S/C22H23ClFN5O2/c1-28-20(26-27-21(28)13-30)12-29-9-7-15(8-10-29)19-3-2-4-22(25-19)31-14-16-5-6-17(23)11-18(16)24/h2-6,11,13,15H,7-10,12,14H2,1H3. The zero-order valence-corrected chi connectivity index (χ0v) is 17.9. The Morgan fingerprint density at radius 3 is 2.74 bits per heavy atom. The summed E-state index contributed by atoms with van der Waals surface area (Å²) in [6.45, 7) is 2.55. The molecule has 0 unspecified atom stereocenters. The van der Waals surface area contributed by atoms with Gasteiger partial charge in [0, 0.05) is 35.3 Å². The first kappa shape index (κ1) is 21.4.